The highest BCUT2D eigenvalue weighted by molar-refractivity contribution is 6.38. The van der Waals surface area contributed by atoms with Gasteiger partial charge in [-0.05, 0) is 44.2 Å². The molecule has 6 N–H and O–H groups in total. The summed E-state index contributed by atoms with van der Waals surface area (Å²) in [7, 11) is 0. The lowest BCUT2D eigenvalue weighted by atomic mass is 10.0. The number of hydrogen-bond donors (Lipinski definition) is 5. The molecule has 11 nitrogen and oxygen atoms in total. The summed E-state index contributed by atoms with van der Waals surface area (Å²) in [5, 5.41) is 16.2. The minimum Gasteiger partial charge on any atom is -0.480 e. The number of alkyl carbamates (subject to hydrolysis) is 1. The van der Waals surface area contributed by atoms with E-state index in [9.17, 15) is 29.1 Å². The first kappa shape index (κ1) is 28.6. The number of amides is 3. The number of nitrogens with one attached hydrogen (secondary N) is 3. The van der Waals surface area contributed by atoms with E-state index in [1.165, 1.54) is 6.92 Å². The van der Waals surface area contributed by atoms with Gasteiger partial charge in [0.05, 0.1) is 6.04 Å². The Morgan fingerprint density at radius 1 is 0.971 bits per heavy atom. The van der Waals surface area contributed by atoms with Crippen molar-refractivity contribution in [1.29, 1.82) is 0 Å². The van der Waals surface area contributed by atoms with Gasteiger partial charge in [0.25, 0.3) is 5.91 Å². The van der Waals surface area contributed by atoms with Gasteiger partial charge in [-0.1, -0.05) is 44.2 Å². The topological polar surface area (TPSA) is 177 Å². The third kappa shape index (κ3) is 10.4. The molecule has 0 aliphatic heterocycles. The number of aliphatic carboxylic acids is 1. The zero-order chi connectivity index (χ0) is 25.7. The summed E-state index contributed by atoms with van der Waals surface area (Å²) < 4.78 is 5.13. The van der Waals surface area contributed by atoms with Crippen molar-refractivity contribution in [3.05, 3.63) is 35.9 Å². The van der Waals surface area contributed by atoms with E-state index in [1.807, 2.05) is 6.07 Å². The Balaban J connectivity index is 2.69. The second-order valence-corrected chi connectivity index (χ2v) is 8.28. The number of Topliss-reactive ketones (excluding diaryl/α,β-unsaturated/α-hetero) is 1. The van der Waals surface area contributed by atoms with Gasteiger partial charge in [-0.2, -0.15) is 0 Å². The number of ketones is 1. The van der Waals surface area contributed by atoms with Crippen LogP contribution in [-0.2, 0) is 30.5 Å². The highest BCUT2D eigenvalue weighted by Gasteiger charge is 2.30. The van der Waals surface area contributed by atoms with Crippen LogP contribution in [0.5, 0.6) is 0 Å². The molecule has 0 spiro atoms. The Hall–Kier alpha value is -3.47. The van der Waals surface area contributed by atoms with Crippen LogP contribution >= 0.6 is 0 Å². The van der Waals surface area contributed by atoms with Crippen LogP contribution in [0.3, 0.4) is 0 Å². The molecular weight excluding hydrogens is 444 g/mol. The summed E-state index contributed by atoms with van der Waals surface area (Å²) in [6, 6.07) is 5.46. The normalized spacial score (nSPS) is 13.3. The summed E-state index contributed by atoms with van der Waals surface area (Å²) in [6.07, 6.45) is -0.0813. The molecule has 0 unspecified atom stereocenters. The second-order valence-electron chi connectivity index (χ2n) is 8.28. The SMILES string of the molecule is CC(C)C[C@H](NC(=O)C(=O)[C@H](C)NC(=O)[C@H](CCCN)NC(=O)OCc1ccccc1)C(=O)O. The maximum Gasteiger partial charge on any atom is 0.408 e. The second kappa shape index (κ2) is 14.6. The number of carboxylic acids is 1. The molecule has 0 saturated carbocycles. The van der Waals surface area contributed by atoms with Gasteiger partial charge in [0.2, 0.25) is 11.7 Å². The molecule has 3 amide bonds. The van der Waals surface area contributed by atoms with Crippen LogP contribution in [0.15, 0.2) is 30.3 Å². The number of carbonyl (C=O) groups excluding carboxylic acids is 4. The van der Waals surface area contributed by atoms with Crippen LogP contribution in [0, 0.1) is 5.92 Å². The number of benzene rings is 1. The summed E-state index contributed by atoms with van der Waals surface area (Å²) in [5.41, 5.74) is 6.27. The van der Waals surface area contributed by atoms with Crippen LogP contribution in [0.2, 0.25) is 0 Å². The van der Waals surface area contributed by atoms with E-state index in [0.717, 1.165) is 5.56 Å². The summed E-state index contributed by atoms with van der Waals surface area (Å²) in [5.74, 6) is -4.10. The molecule has 1 rings (SSSR count). The molecule has 0 saturated heterocycles. The average Bonchev–Trinajstić information content (AvgIpc) is 2.79. The lowest BCUT2D eigenvalue weighted by molar-refractivity contribution is -0.145. The Labute approximate surface area is 198 Å². The third-order valence-electron chi connectivity index (χ3n) is 4.80. The predicted molar refractivity (Wildman–Crippen MR) is 123 cm³/mol. The van der Waals surface area contributed by atoms with Gasteiger partial charge in [-0.25, -0.2) is 9.59 Å². The van der Waals surface area contributed by atoms with Crippen molar-refractivity contribution < 1.29 is 33.8 Å². The van der Waals surface area contributed by atoms with Crippen molar-refractivity contribution in [3.8, 4) is 0 Å². The van der Waals surface area contributed by atoms with Crippen molar-refractivity contribution in [2.45, 2.75) is 64.8 Å². The molecule has 1 aromatic rings. The Morgan fingerprint density at radius 3 is 2.18 bits per heavy atom. The summed E-state index contributed by atoms with van der Waals surface area (Å²) >= 11 is 0. The van der Waals surface area contributed by atoms with E-state index < -0.39 is 47.8 Å². The van der Waals surface area contributed by atoms with E-state index in [2.05, 4.69) is 16.0 Å². The van der Waals surface area contributed by atoms with Gasteiger partial charge < -0.3 is 31.5 Å². The number of rotatable bonds is 14. The summed E-state index contributed by atoms with van der Waals surface area (Å²) in [4.78, 5) is 60.8. The number of carbonyl (C=O) groups is 5. The fraction of sp³-hybridized carbons (Fsp3) is 0.522. The molecule has 0 radical (unpaired) electrons. The molecule has 0 bridgehead atoms. The van der Waals surface area contributed by atoms with Crippen molar-refractivity contribution in [2.24, 2.45) is 11.7 Å². The highest BCUT2D eigenvalue weighted by Crippen LogP contribution is 2.06. The van der Waals surface area contributed by atoms with E-state index in [-0.39, 0.29) is 31.9 Å². The monoisotopic (exact) mass is 478 g/mol. The van der Waals surface area contributed by atoms with Gasteiger partial charge in [0, 0.05) is 0 Å². The third-order valence-corrected chi connectivity index (χ3v) is 4.80. The maximum atomic E-state index is 12.7. The molecule has 0 fully saturated rings. The molecule has 0 aliphatic carbocycles. The number of nitrogens with two attached hydrogens (primary N) is 1. The minimum absolute atomic E-state index is 0.00802. The minimum atomic E-state index is -1.26. The predicted octanol–water partition coefficient (Wildman–Crippen LogP) is 0.710. The zero-order valence-corrected chi connectivity index (χ0v) is 19.7. The van der Waals surface area contributed by atoms with Crippen molar-refractivity contribution in [3.63, 3.8) is 0 Å². The first-order valence-corrected chi connectivity index (χ1v) is 11.1. The molecule has 0 heterocycles. The van der Waals surface area contributed by atoms with Crippen LogP contribution in [0.4, 0.5) is 4.79 Å². The van der Waals surface area contributed by atoms with E-state index in [1.54, 1.807) is 38.1 Å². The van der Waals surface area contributed by atoms with Gasteiger partial charge in [-0.15, -0.1) is 0 Å². The lowest BCUT2D eigenvalue weighted by Gasteiger charge is -2.21. The van der Waals surface area contributed by atoms with Gasteiger partial charge in [0.15, 0.2) is 0 Å². The molecule has 11 heteroatoms. The maximum absolute atomic E-state index is 12.7. The fourth-order valence-corrected chi connectivity index (χ4v) is 3.00. The Kier molecular flexibility index (Phi) is 12.3. The lowest BCUT2D eigenvalue weighted by Crippen LogP contribution is -2.54. The Bertz CT molecular complexity index is 845. The van der Waals surface area contributed by atoms with Gasteiger partial charge >= 0.3 is 12.1 Å². The molecule has 1 aromatic carbocycles. The smallest absolute Gasteiger partial charge is 0.408 e. The van der Waals surface area contributed by atoms with Gasteiger partial charge in [-0.3, -0.25) is 14.4 Å². The van der Waals surface area contributed by atoms with E-state index in [0.29, 0.717) is 6.42 Å². The largest absolute Gasteiger partial charge is 0.480 e. The molecule has 188 valence electrons. The standard InChI is InChI=1S/C23H34N4O7/c1-14(2)12-18(22(31)32)26-21(30)19(28)15(3)25-20(29)17(10-7-11-24)27-23(33)34-13-16-8-5-4-6-9-16/h4-6,8-9,14-15,17-18H,7,10-13,24H2,1-3H3,(H,25,29)(H,26,30)(H,27,33)(H,31,32)/t15-,17-,18-/m0/s1. The van der Waals surface area contributed by atoms with Crippen LogP contribution in [-0.4, -0.2) is 59.4 Å². The summed E-state index contributed by atoms with van der Waals surface area (Å²) in [6.45, 7) is 5.14. The molecule has 3 atom stereocenters. The van der Waals surface area contributed by atoms with E-state index >= 15 is 0 Å². The van der Waals surface area contributed by atoms with Crippen molar-refractivity contribution in [2.75, 3.05) is 6.54 Å². The fourth-order valence-electron chi connectivity index (χ4n) is 3.00. The number of ether oxygens (including phenoxy) is 1. The molecule has 0 aliphatic rings. The number of carboxylic acid groups (broad SMARTS) is 1. The Morgan fingerprint density at radius 2 is 1.62 bits per heavy atom. The zero-order valence-electron chi connectivity index (χ0n) is 19.7. The molecule has 34 heavy (non-hydrogen) atoms. The van der Waals surface area contributed by atoms with E-state index in [4.69, 9.17) is 10.5 Å². The van der Waals surface area contributed by atoms with Crippen molar-refractivity contribution >= 4 is 29.7 Å². The van der Waals surface area contributed by atoms with Gasteiger partial charge in [0.1, 0.15) is 18.7 Å². The molecule has 0 aromatic heterocycles. The highest BCUT2D eigenvalue weighted by atomic mass is 16.5. The first-order valence-electron chi connectivity index (χ1n) is 11.1. The van der Waals surface area contributed by atoms with Crippen LogP contribution in [0.25, 0.3) is 0 Å². The molecular formula is C23H34N4O7. The van der Waals surface area contributed by atoms with Crippen molar-refractivity contribution in [1.82, 2.24) is 16.0 Å². The number of hydrogen-bond acceptors (Lipinski definition) is 7. The van der Waals surface area contributed by atoms with Crippen LogP contribution < -0.4 is 21.7 Å². The van der Waals surface area contributed by atoms with Crippen LogP contribution in [0.1, 0.15) is 45.6 Å². The average molecular weight is 479 g/mol. The quantitative estimate of drug-likeness (QED) is 0.243. The first-order chi connectivity index (χ1) is 16.0.